The highest BCUT2D eigenvalue weighted by atomic mass is 15.1. The molecule has 0 aliphatic rings. The van der Waals surface area contributed by atoms with Gasteiger partial charge in [-0.25, -0.2) is 0 Å². The Balaban J connectivity index is 1.89. The second-order valence-corrected chi connectivity index (χ2v) is 6.25. The van der Waals surface area contributed by atoms with Crippen LogP contribution in [0.5, 0.6) is 0 Å². The normalized spacial score (nSPS) is 11.3. The van der Waals surface area contributed by atoms with Crippen molar-refractivity contribution in [3.8, 4) is 0 Å². The molecule has 0 aromatic heterocycles. The Bertz CT molecular complexity index is 477. The van der Waals surface area contributed by atoms with Crippen LogP contribution in [0.2, 0.25) is 0 Å². The smallest absolute Gasteiger partial charge is 0.00893 e. The highest BCUT2D eigenvalue weighted by molar-refractivity contribution is 5.32. The Morgan fingerprint density at radius 1 is 0.696 bits per heavy atom. The molecule has 124 valence electrons. The number of nitrogens with zero attached hydrogens (tertiary/aromatic N) is 1. The highest BCUT2D eigenvalue weighted by Crippen LogP contribution is 2.29. The molecular weight excluding hydrogens is 278 g/mol. The van der Waals surface area contributed by atoms with E-state index in [1.165, 1.54) is 56.4 Å². The first kappa shape index (κ1) is 17.7. The van der Waals surface area contributed by atoms with Crippen LogP contribution < -0.4 is 0 Å². The van der Waals surface area contributed by atoms with Gasteiger partial charge in [0.25, 0.3) is 0 Å². The molecule has 0 saturated heterocycles. The number of rotatable bonds is 10. The molecule has 0 bridgehead atoms. The summed E-state index contributed by atoms with van der Waals surface area (Å²) in [6.07, 6.45) is 5.19. The quantitative estimate of drug-likeness (QED) is 0.507. The molecule has 2 aromatic carbocycles. The minimum atomic E-state index is 0.533. The molecule has 0 amide bonds. The van der Waals surface area contributed by atoms with Gasteiger partial charge in [0.1, 0.15) is 0 Å². The van der Waals surface area contributed by atoms with E-state index in [9.17, 15) is 0 Å². The van der Waals surface area contributed by atoms with Gasteiger partial charge in [-0.05, 0) is 43.6 Å². The zero-order valence-electron chi connectivity index (χ0n) is 14.7. The molecule has 0 saturated carbocycles. The van der Waals surface area contributed by atoms with Gasteiger partial charge in [0.15, 0.2) is 0 Å². The average Bonchev–Trinajstić information content (AvgIpc) is 2.63. The zero-order chi connectivity index (χ0) is 16.3. The van der Waals surface area contributed by atoms with Crippen LogP contribution >= 0.6 is 0 Å². The second kappa shape index (κ2) is 10.2. The van der Waals surface area contributed by atoms with E-state index >= 15 is 0 Å². The monoisotopic (exact) mass is 309 g/mol. The molecule has 0 heterocycles. The SMILES string of the molecule is CCN(CC)CCCCCC(c1ccccc1)c1ccccc1. The minimum absolute atomic E-state index is 0.533. The van der Waals surface area contributed by atoms with Gasteiger partial charge in [0.2, 0.25) is 0 Å². The van der Waals surface area contributed by atoms with Gasteiger partial charge in [0, 0.05) is 5.92 Å². The minimum Gasteiger partial charge on any atom is -0.304 e. The third-order valence-corrected chi connectivity index (χ3v) is 4.77. The standard InChI is InChI=1S/C22H31N/c1-3-23(4-2)19-13-7-12-18-22(20-14-8-5-9-15-20)21-16-10-6-11-17-21/h5-6,8-11,14-17,22H,3-4,7,12-13,18-19H2,1-2H3. The van der Waals surface area contributed by atoms with E-state index in [1.54, 1.807) is 0 Å². The molecule has 23 heavy (non-hydrogen) atoms. The molecule has 2 aromatic rings. The first-order chi connectivity index (χ1) is 11.3. The van der Waals surface area contributed by atoms with Crippen molar-refractivity contribution in [1.82, 2.24) is 4.90 Å². The molecule has 2 rings (SSSR count). The third kappa shape index (κ3) is 5.84. The van der Waals surface area contributed by atoms with Crippen molar-refractivity contribution in [3.05, 3.63) is 71.8 Å². The van der Waals surface area contributed by atoms with Crippen LogP contribution in [0.25, 0.3) is 0 Å². The summed E-state index contributed by atoms with van der Waals surface area (Å²) >= 11 is 0. The van der Waals surface area contributed by atoms with Crippen molar-refractivity contribution in [2.75, 3.05) is 19.6 Å². The molecule has 0 aliphatic heterocycles. The molecular formula is C22H31N. The lowest BCUT2D eigenvalue weighted by atomic mass is 9.87. The Morgan fingerprint density at radius 3 is 1.70 bits per heavy atom. The molecule has 1 nitrogen and oxygen atoms in total. The van der Waals surface area contributed by atoms with Gasteiger partial charge in [0.05, 0.1) is 0 Å². The Hall–Kier alpha value is -1.60. The maximum atomic E-state index is 2.52. The molecule has 0 spiro atoms. The summed E-state index contributed by atoms with van der Waals surface area (Å²) in [6, 6.07) is 21.9. The molecule has 0 N–H and O–H groups in total. The molecule has 0 radical (unpaired) electrons. The van der Waals surface area contributed by atoms with Crippen LogP contribution in [0.15, 0.2) is 60.7 Å². The molecule has 0 fully saturated rings. The molecule has 0 aliphatic carbocycles. The van der Waals surface area contributed by atoms with Crippen LogP contribution in [0.3, 0.4) is 0 Å². The molecule has 1 heteroatoms. The third-order valence-electron chi connectivity index (χ3n) is 4.77. The van der Waals surface area contributed by atoms with Crippen LogP contribution in [-0.4, -0.2) is 24.5 Å². The topological polar surface area (TPSA) is 3.24 Å². The largest absolute Gasteiger partial charge is 0.304 e. The first-order valence-electron chi connectivity index (χ1n) is 9.17. The van der Waals surface area contributed by atoms with E-state index in [1.807, 2.05) is 0 Å². The van der Waals surface area contributed by atoms with Crippen LogP contribution in [0.1, 0.15) is 56.6 Å². The maximum Gasteiger partial charge on any atom is 0.00893 e. The van der Waals surface area contributed by atoms with Crippen molar-refractivity contribution < 1.29 is 0 Å². The van der Waals surface area contributed by atoms with E-state index < -0.39 is 0 Å². The van der Waals surface area contributed by atoms with Gasteiger partial charge in [-0.3, -0.25) is 0 Å². The van der Waals surface area contributed by atoms with Crippen LogP contribution in [-0.2, 0) is 0 Å². The Labute approximate surface area is 142 Å². The summed E-state index contributed by atoms with van der Waals surface area (Å²) in [5, 5.41) is 0. The van der Waals surface area contributed by atoms with Gasteiger partial charge in [-0.15, -0.1) is 0 Å². The van der Waals surface area contributed by atoms with E-state index in [2.05, 4.69) is 79.4 Å². The fourth-order valence-electron chi connectivity index (χ4n) is 3.30. The van der Waals surface area contributed by atoms with E-state index in [4.69, 9.17) is 0 Å². The number of hydrogen-bond donors (Lipinski definition) is 0. The lowest BCUT2D eigenvalue weighted by Gasteiger charge is -2.20. The summed E-state index contributed by atoms with van der Waals surface area (Å²) in [5.41, 5.74) is 2.89. The Morgan fingerprint density at radius 2 is 1.22 bits per heavy atom. The summed E-state index contributed by atoms with van der Waals surface area (Å²) < 4.78 is 0. The summed E-state index contributed by atoms with van der Waals surface area (Å²) in [7, 11) is 0. The fourth-order valence-corrected chi connectivity index (χ4v) is 3.30. The fraction of sp³-hybridized carbons (Fsp3) is 0.455. The van der Waals surface area contributed by atoms with Crippen LogP contribution in [0, 0.1) is 0 Å². The lowest BCUT2D eigenvalue weighted by Crippen LogP contribution is -2.23. The molecule has 0 unspecified atom stereocenters. The Kier molecular flexibility index (Phi) is 7.89. The molecule has 0 atom stereocenters. The summed E-state index contributed by atoms with van der Waals surface area (Å²) in [5.74, 6) is 0.533. The number of unbranched alkanes of at least 4 members (excludes halogenated alkanes) is 2. The summed E-state index contributed by atoms with van der Waals surface area (Å²) in [4.78, 5) is 2.52. The van der Waals surface area contributed by atoms with Crippen molar-refractivity contribution in [1.29, 1.82) is 0 Å². The van der Waals surface area contributed by atoms with Gasteiger partial charge in [-0.1, -0.05) is 87.4 Å². The van der Waals surface area contributed by atoms with Crippen molar-refractivity contribution in [3.63, 3.8) is 0 Å². The van der Waals surface area contributed by atoms with Gasteiger partial charge < -0.3 is 4.90 Å². The van der Waals surface area contributed by atoms with E-state index in [-0.39, 0.29) is 0 Å². The van der Waals surface area contributed by atoms with E-state index in [0.29, 0.717) is 5.92 Å². The maximum absolute atomic E-state index is 2.52. The van der Waals surface area contributed by atoms with Crippen molar-refractivity contribution >= 4 is 0 Å². The van der Waals surface area contributed by atoms with Gasteiger partial charge >= 0.3 is 0 Å². The predicted molar refractivity (Wildman–Crippen MR) is 101 cm³/mol. The number of benzene rings is 2. The predicted octanol–water partition coefficient (Wildman–Crippen LogP) is 5.72. The van der Waals surface area contributed by atoms with Crippen molar-refractivity contribution in [2.24, 2.45) is 0 Å². The van der Waals surface area contributed by atoms with Crippen molar-refractivity contribution in [2.45, 2.75) is 45.4 Å². The zero-order valence-corrected chi connectivity index (χ0v) is 14.7. The number of hydrogen-bond acceptors (Lipinski definition) is 1. The second-order valence-electron chi connectivity index (χ2n) is 6.25. The summed E-state index contributed by atoms with van der Waals surface area (Å²) in [6.45, 7) is 8.10. The van der Waals surface area contributed by atoms with Gasteiger partial charge in [-0.2, -0.15) is 0 Å². The first-order valence-corrected chi connectivity index (χ1v) is 9.17. The highest BCUT2D eigenvalue weighted by Gasteiger charge is 2.13. The average molecular weight is 309 g/mol. The van der Waals surface area contributed by atoms with E-state index in [0.717, 1.165) is 0 Å². The lowest BCUT2D eigenvalue weighted by molar-refractivity contribution is 0.295. The van der Waals surface area contributed by atoms with Crippen LogP contribution in [0.4, 0.5) is 0 Å².